The molecule has 1 aliphatic rings. The van der Waals surface area contributed by atoms with Gasteiger partial charge >= 0.3 is 0 Å². The van der Waals surface area contributed by atoms with Crippen LogP contribution < -0.4 is 5.32 Å². The molecule has 1 aromatic rings. The molecule has 0 aromatic heterocycles. The van der Waals surface area contributed by atoms with E-state index in [1.54, 1.807) is 0 Å². The minimum atomic E-state index is 0. The van der Waals surface area contributed by atoms with Crippen LogP contribution in [0.4, 0.5) is 0 Å². The molecule has 1 heterocycles. The Balaban J connectivity index is 0.000000845. The van der Waals surface area contributed by atoms with Crippen LogP contribution >= 0.6 is 12.4 Å². The summed E-state index contributed by atoms with van der Waals surface area (Å²) >= 11 is 0. The van der Waals surface area contributed by atoms with E-state index in [1.807, 2.05) is 24.3 Å². The summed E-state index contributed by atoms with van der Waals surface area (Å²) in [4.78, 5) is 11.5. The molecule has 0 radical (unpaired) electrons. The van der Waals surface area contributed by atoms with Gasteiger partial charge < -0.3 is 5.32 Å². The molecule has 1 aromatic carbocycles. The van der Waals surface area contributed by atoms with E-state index in [2.05, 4.69) is 5.32 Å². The van der Waals surface area contributed by atoms with Crippen molar-refractivity contribution in [2.45, 2.75) is 13.0 Å². The molecule has 2 nitrogen and oxygen atoms in total. The van der Waals surface area contributed by atoms with Crippen molar-refractivity contribution in [3.8, 4) is 0 Å². The minimum Gasteiger partial charge on any atom is -0.312 e. The van der Waals surface area contributed by atoms with E-state index in [1.165, 1.54) is 0 Å². The lowest BCUT2D eigenvalue weighted by molar-refractivity contribution is 0.0985. The first-order valence-corrected chi connectivity index (χ1v) is 4.20. The molecule has 2 rings (SSSR count). The van der Waals surface area contributed by atoms with Crippen molar-refractivity contribution in [1.29, 1.82) is 0 Å². The number of nitrogens with one attached hydrogen (secondary N) is 1. The summed E-state index contributed by atoms with van der Waals surface area (Å²) in [5.41, 5.74) is 2.02. The Kier molecular flexibility index (Phi) is 3.46. The van der Waals surface area contributed by atoms with Crippen molar-refractivity contribution in [2.75, 3.05) is 6.54 Å². The van der Waals surface area contributed by atoms with Crippen LogP contribution in [0.25, 0.3) is 0 Å². The second-order valence-electron chi connectivity index (χ2n) is 3.01. The van der Waals surface area contributed by atoms with E-state index < -0.39 is 0 Å². The first-order valence-electron chi connectivity index (χ1n) is 4.20. The molecule has 0 saturated heterocycles. The monoisotopic (exact) mass is 197 g/mol. The number of carbonyl (C=O) groups excluding carboxylic acids is 1. The first-order chi connectivity index (χ1) is 5.88. The van der Waals surface area contributed by atoms with Crippen molar-refractivity contribution in [3.63, 3.8) is 0 Å². The summed E-state index contributed by atoms with van der Waals surface area (Å²) < 4.78 is 0. The standard InChI is InChI=1S/C10H11NO.ClH/c12-10-5-6-11-7-8-3-1-2-4-9(8)10;/h1-4,11H,5-7H2;1H. The van der Waals surface area contributed by atoms with E-state index in [4.69, 9.17) is 0 Å². The number of benzene rings is 1. The predicted octanol–water partition coefficient (Wildman–Crippen LogP) is 1.78. The maximum atomic E-state index is 11.5. The summed E-state index contributed by atoms with van der Waals surface area (Å²) in [6.07, 6.45) is 0.622. The third-order valence-electron chi connectivity index (χ3n) is 2.16. The summed E-state index contributed by atoms with van der Waals surface area (Å²) in [5, 5.41) is 3.21. The highest BCUT2D eigenvalue weighted by Gasteiger charge is 2.13. The van der Waals surface area contributed by atoms with Crippen LogP contribution in [-0.4, -0.2) is 12.3 Å². The van der Waals surface area contributed by atoms with Gasteiger partial charge in [0, 0.05) is 25.1 Å². The number of hydrogen-bond donors (Lipinski definition) is 1. The van der Waals surface area contributed by atoms with Crippen LogP contribution in [0.2, 0.25) is 0 Å². The summed E-state index contributed by atoms with van der Waals surface area (Å²) in [5.74, 6) is 0.260. The van der Waals surface area contributed by atoms with Crippen molar-refractivity contribution < 1.29 is 4.79 Å². The zero-order valence-corrected chi connectivity index (χ0v) is 8.06. The lowest BCUT2D eigenvalue weighted by Gasteiger charge is -2.01. The third kappa shape index (κ3) is 2.08. The van der Waals surface area contributed by atoms with E-state index in [9.17, 15) is 4.79 Å². The first kappa shape index (κ1) is 10.2. The SMILES string of the molecule is Cl.O=C1CCNCc2ccccc21. The summed E-state index contributed by atoms with van der Waals surface area (Å²) in [6.45, 7) is 1.62. The molecule has 0 bridgehead atoms. The summed E-state index contributed by atoms with van der Waals surface area (Å²) in [7, 11) is 0. The van der Waals surface area contributed by atoms with Crippen LogP contribution in [0.3, 0.4) is 0 Å². The molecule has 0 aliphatic carbocycles. The van der Waals surface area contributed by atoms with Gasteiger partial charge in [-0.1, -0.05) is 24.3 Å². The van der Waals surface area contributed by atoms with Crippen LogP contribution in [0.15, 0.2) is 24.3 Å². The van der Waals surface area contributed by atoms with Gasteiger partial charge in [0.25, 0.3) is 0 Å². The number of ketones is 1. The maximum absolute atomic E-state index is 11.5. The fraction of sp³-hybridized carbons (Fsp3) is 0.300. The van der Waals surface area contributed by atoms with Gasteiger partial charge in [0.05, 0.1) is 0 Å². The molecule has 0 spiro atoms. The number of fused-ring (bicyclic) bond motifs is 1. The van der Waals surface area contributed by atoms with Crippen LogP contribution in [-0.2, 0) is 6.54 Å². The minimum absolute atomic E-state index is 0. The highest BCUT2D eigenvalue weighted by atomic mass is 35.5. The Bertz CT molecular complexity index is 312. The fourth-order valence-corrected chi connectivity index (χ4v) is 1.51. The quantitative estimate of drug-likeness (QED) is 0.687. The van der Waals surface area contributed by atoms with Gasteiger partial charge in [0.15, 0.2) is 5.78 Å². The lowest BCUT2D eigenvalue weighted by atomic mass is 10.0. The zero-order valence-electron chi connectivity index (χ0n) is 7.25. The Morgan fingerprint density at radius 1 is 1.23 bits per heavy atom. The van der Waals surface area contributed by atoms with Crippen molar-refractivity contribution in [1.82, 2.24) is 5.32 Å². The number of rotatable bonds is 0. The van der Waals surface area contributed by atoms with E-state index in [-0.39, 0.29) is 18.2 Å². The fourth-order valence-electron chi connectivity index (χ4n) is 1.51. The van der Waals surface area contributed by atoms with E-state index in [0.717, 1.165) is 24.2 Å². The molecule has 0 saturated carbocycles. The van der Waals surface area contributed by atoms with Gasteiger partial charge in [0.1, 0.15) is 0 Å². The van der Waals surface area contributed by atoms with Gasteiger partial charge in [-0.25, -0.2) is 0 Å². The third-order valence-corrected chi connectivity index (χ3v) is 2.16. The highest BCUT2D eigenvalue weighted by Crippen LogP contribution is 2.13. The molecule has 0 fully saturated rings. The van der Waals surface area contributed by atoms with Crippen LogP contribution in [0.1, 0.15) is 22.3 Å². The topological polar surface area (TPSA) is 29.1 Å². The molecule has 13 heavy (non-hydrogen) atoms. The predicted molar refractivity (Wildman–Crippen MR) is 54.3 cm³/mol. The molecule has 0 atom stereocenters. The molecule has 70 valence electrons. The second-order valence-corrected chi connectivity index (χ2v) is 3.01. The van der Waals surface area contributed by atoms with Gasteiger partial charge in [-0.05, 0) is 5.56 Å². The molecule has 0 amide bonds. The normalized spacial score (nSPS) is 15.5. The number of hydrogen-bond acceptors (Lipinski definition) is 2. The average Bonchev–Trinajstić information content (AvgIpc) is 2.29. The number of Topliss-reactive ketones (excluding diaryl/α,β-unsaturated/α-hetero) is 1. The summed E-state index contributed by atoms with van der Waals surface area (Å²) in [6, 6.07) is 7.80. The molecule has 0 unspecified atom stereocenters. The van der Waals surface area contributed by atoms with Crippen molar-refractivity contribution >= 4 is 18.2 Å². The Hall–Kier alpha value is -0.860. The Labute approximate surface area is 83.7 Å². The van der Waals surface area contributed by atoms with E-state index >= 15 is 0 Å². The second kappa shape index (κ2) is 4.40. The number of carbonyl (C=O) groups is 1. The van der Waals surface area contributed by atoms with Crippen molar-refractivity contribution in [3.05, 3.63) is 35.4 Å². The Morgan fingerprint density at radius 2 is 2.00 bits per heavy atom. The highest BCUT2D eigenvalue weighted by molar-refractivity contribution is 5.97. The van der Waals surface area contributed by atoms with Gasteiger partial charge in [-0.15, -0.1) is 12.4 Å². The molecular weight excluding hydrogens is 186 g/mol. The van der Waals surface area contributed by atoms with Gasteiger partial charge in [-0.2, -0.15) is 0 Å². The van der Waals surface area contributed by atoms with Gasteiger partial charge in [-0.3, -0.25) is 4.79 Å². The molecule has 1 aliphatic heterocycles. The number of halogens is 1. The zero-order chi connectivity index (χ0) is 8.39. The molecule has 1 N–H and O–H groups in total. The maximum Gasteiger partial charge on any atom is 0.164 e. The van der Waals surface area contributed by atoms with Crippen LogP contribution in [0.5, 0.6) is 0 Å². The molecular formula is C10H12ClNO. The van der Waals surface area contributed by atoms with E-state index in [0.29, 0.717) is 6.42 Å². The smallest absolute Gasteiger partial charge is 0.164 e. The molecule has 3 heteroatoms. The largest absolute Gasteiger partial charge is 0.312 e. The van der Waals surface area contributed by atoms with Crippen LogP contribution in [0, 0.1) is 0 Å². The average molecular weight is 198 g/mol. The van der Waals surface area contributed by atoms with Gasteiger partial charge in [0.2, 0.25) is 0 Å². The lowest BCUT2D eigenvalue weighted by Crippen LogP contribution is -2.12. The van der Waals surface area contributed by atoms with Crippen molar-refractivity contribution in [2.24, 2.45) is 0 Å². The Morgan fingerprint density at radius 3 is 2.85 bits per heavy atom.